The highest BCUT2D eigenvalue weighted by Gasteiger charge is 2.27. The summed E-state index contributed by atoms with van der Waals surface area (Å²) in [6, 6.07) is 3.27. The van der Waals surface area contributed by atoms with E-state index in [1.165, 1.54) is 0 Å². The van der Waals surface area contributed by atoms with E-state index in [0.29, 0.717) is 0 Å². The second kappa shape index (κ2) is 6.29. The van der Waals surface area contributed by atoms with E-state index < -0.39 is 26.2 Å². The van der Waals surface area contributed by atoms with Crippen LogP contribution in [0.2, 0.25) is 0 Å². The first kappa shape index (κ1) is 16.5. The molecule has 1 N–H and O–H groups in total. The van der Waals surface area contributed by atoms with Gasteiger partial charge in [0.15, 0.2) is 0 Å². The Morgan fingerprint density at radius 2 is 1.80 bits per heavy atom. The van der Waals surface area contributed by atoms with Crippen molar-refractivity contribution in [2.45, 2.75) is 24.8 Å². The predicted octanol–water partition coefficient (Wildman–Crippen LogP) is 1.66. The highest BCUT2D eigenvalue weighted by atomic mass is 35.5. The summed E-state index contributed by atoms with van der Waals surface area (Å²) in [7, 11) is -3.97. The minimum atomic E-state index is -3.97. The lowest BCUT2D eigenvalue weighted by Crippen LogP contribution is -2.42. The number of nitro groups is 1. The quantitative estimate of drug-likeness (QED) is 0.487. The molecule has 9 heteroatoms. The number of carbonyl (C=O) groups excluding carboxylic acids is 1. The zero-order valence-corrected chi connectivity index (χ0v) is 12.3. The second-order valence-corrected chi connectivity index (χ2v) is 6.48. The van der Waals surface area contributed by atoms with Gasteiger partial charge in [0.2, 0.25) is 15.3 Å². The maximum atomic E-state index is 12.0. The molecular formula is C11H13ClN2O5S. The Morgan fingerprint density at radius 3 is 2.15 bits per heavy atom. The summed E-state index contributed by atoms with van der Waals surface area (Å²) >= 11 is 5.34. The Bertz CT molecular complexity index is 612. The Morgan fingerprint density at radius 1 is 1.30 bits per heavy atom. The van der Waals surface area contributed by atoms with E-state index in [4.69, 9.17) is 11.6 Å². The van der Waals surface area contributed by atoms with Gasteiger partial charge >= 0.3 is 0 Å². The van der Waals surface area contributed by atoms with Gasteiger partial charge < -0.3 is 0 Å². The lowest BCUT2D eigenvalue weighted by atomic mass is 10.1. The van der Waals surface area contributed by atoms with Gasteiger partial charge in [0.05, 0.1) is 15.9 Å². The Hall–Kier alpha value is -1.51. The number of benzene rings is 1. The van der Waals surface area contributed by atoms with Gasteiger partial charge in [0.1, 0.15) is 0 Å². The molecule has 1 aromatic carbocycles. The van der Waals surface area contributed by atoms with Gasteiger partial charge in [-0.15, -0.1) is 0 Å². The number of hydrogen-bond donors (Lipinski definition) is 1. The summed E-state index contributed by atoms with van der Waals surface area (Å²) in [4.78, 5) is 20.9. The van der Waals surface area contributed by atoms with Crippen molar-refractivity contribution in [2.75, 3.05) is 0 Å². The number of hydrogen-bond acceptors (Lipinski definition) is 5. The third-order valence-corrected chi connectivity index (χ3v) is 4.24. The van der Waals surface area contributed by atoms with E-state index in [2.05, 4.69) is 4.72 Å². The molecule has 0 saturated carbocycles. The smallest absolute Gasteiger partial charge is 0.269 e. The fourth-order valence-electron chi connectivity index (χ4n) is 1.43. The van der Waals surface area contributed by atoms with Gasteiger partial charge in [-0.3, -0.25) is 14.9 Å². The van der Waals surface area contributed by atoms with Crippen LogP contribution in [0.5, 0.6) is 0 Å². The number of nitro benzene ring substituents is 1. The van der Waals surface area contributed by atoms with E-state index in [9.17, 15) is 23.3 Å². The lowest BCUT2D eigenvalue weighted by Gasteiger charge is -2.18. The van der Waals surface area contributed by atoms with Crippen LogP contribution in [0.15, 0.2) is 29.2 Å². The SMILES string of the molecule is CC(C)[C@H](NS(=O)(=O)c1ccc([N+](=O)[O-])cc1)C(=O)Cl. The molecule has 0 aliphatic carbocycles. The molecule has 0 heterocycles. The summed E-state index contributed by atoms with van der Waals surface area (Å²) in [6.45, 7) is 3.28. The average molecular weight is 321 g/mol. The third-order valence-electron chi connectivity index (χ3n) is 2.55. The molecule has 0 aromatic heterocycles. The summed E-state index contributed by atoms with van der Waals surface area (Å²) < 4.78 is 26.3. The standard InChI is InChI=1S/C11H13ClN2O5S/c1-7(2)10(11(12)15)13-20(18,19)9-5-3-8(4-6-9)14(16)17/h3-7,10,13H,1-2H3/t10-/m0/s1. The predicted molar refractivity (Wildman–Crippen MR) is 72.9 cm³/mol. The molecule has 110 valence electrons. The van der Waals surface area contributed by atoms with E-state index in [-0.39, 0.29) is 16.5 Å². The van der Waals surface area contributed by atoms with Crippen molar-refractivity contribution in [3.8, 4) is 0 Å². The van der Waals surface area contributed by atoms with Crippen LogP contribution >= 0.6 is 11.6 Å². The third kappa shape index (κ3) is 3.99. The number of halogens is 1. The minimum Gasteiger partial charge on any atom is -0.279 e. The van der Waals surface area contributed by atoms with Crippen LogP contribution in [0.25, 0.3) is 0 Å². The number of nitrogens with one attached hydrogen (secondary N) is 1. The van der Waals surface area contributed by atoms with Gasteiger partial charge in [0.25, 0.3) is 5.69 Å². The fraction of sp³-hybridized carbons (Fsp3) is 0.364. The molecule has 0 saturated heterocycles. The molecule has 1 aromatic rings. The maximum absolute atomic E-state index is 12.0. The van der Waals surface area contributed by atoms with E-state index in [1.807, 2.05) is 0 Å². The molecule has 0 spiro atoms. The van der Waals surface area contributed by atoms with Crippen molar-refractivity contribution in [1.82, 2.24) is 4.72 Å². The van der Waals surface area contributed by atoms with Gasteiger partial charge in [0, 0.05) is 12.1 Å². The highest BCUT2D eigenvalue weighted by molar-refractivity contribution is 7.89. The first-order chi connectivity index (χ1) is 9.15. The first-order valence-corrected chi connectivity index (χ1v) is 7.47. The largest absolute Gasteiger partial charge is 0.279 e. The van der Waals surface area contributed by atoms with E-state index >= 15 is 0 Å². The van der Waals surface area contributed by atoms with Crippen LogP contribution in [0.3, 0.4) is 0 Å². The van der Waals surface area contributed by atoms with Crippen molar-refractivity contribution in [3.63, 3.8) is 0 Å². The van der Waals surface area contributed by atoms with Crippen molar-refractivity contribution in [1.29, 1.82) is 0 Å². The van der Waals surface area contributed by atoms with Crippen LogP contribution < -0.4 is 4.72 Å². The average Bonchev–Trinajstić information content (AvgIpc) is 2.35. The molecule has 0 bridgehead atoms. The highest BCUT2D eigenvalue weighted by Crippen LogP contribution is 2.17. The molecule has 1 rings (SSSR count). The van der Waals surface area contributed by atoms with Crippen LogP contribution in [0.1, 0.15) is 13.8 Å². The maximum Gasteiger partial charge on any atom is 0.269 e. The number of nitrogens with zero attached hydrogens (tertiary/aromatic N) is 1. The fourth-order valence-corrected chi connectivity index (χ4v) is 3.14. The molecular weight excluding hydrogens is 308 g/mol. The normalized spacial score (nSPS) is 13.2. The second-order valence-electron chi connectivity index (χ2n) is 4.40. The molecule has 0 fully saturated rings. The Balaban J connectivity index is 3.04. The molecule has 0 unspecified atom stereocenters. The van der Waals surface area contributed by atoms with Crippen LogP contribution in [0.4, 0.5) is 5.69 Å². The number of rotatable bonds is 6. The summed E-state index contributed by atoms with van der Waals surface area (Å²) in [5, 5.41) is 9.68. The minimum absolute atomic E-state index is 0.174. The molecule has 7 nitrogen and oxygen atoms in total. The van der Waals surface area contributed by atoms with Gasteiger partial charge in [-0.1, -0.05) is 13.8 Å². The molecule has 0 amide bonds. The van der Waals surface area contributed by atoms with Crippen LogP contribution in [-0.2, 0) is 14.8 Å². The Kier molecular flexibility index (Phi) is 5.21. The topological polar surface area (TPSA) is 106 Å². The molecule has 0 radical (unpaired) electrons. The number of non-ortho nitro benzene ring substituents is 1. The number of carbonyl (C=O) groups is 1. The van der Waals surface area contributed by atoms with Gasteiger partial charge in [-0.05, 0) is 29.7 Å². The summed E-state index contributed by atoms with van der Waals surface area (Å²) in [5.41, 5.74) is -0.224. The first-order valence-electron chi connectivity index (χ1n) is 5.61. The monoisotopic (exact) mass is 320 g/mol. The number of sulfonamides is 1. The van der Waals surface area contributed by atoms with Gasteiger partial charge in [-0.2, -0.15) is 4.72 Å². The molecule has 0 aliphatic heterocycles. The van der Waals surface area contributed by atoms with E-state index in [0.717, 1.165) is 24.3 Å². The zero-order chi connectivity index (χ0) is 15.5. The van der Waals surface area contributed by atoms with Crippen molar-refractivity contribution < 1.29 is 18.1 Å². The van der Waals surface area contributed by atoms with E-state index in [1.54, 1.807) is 13.8 Å². The summed E-state index contributed by atoms with van der Waals surface area (Å²) in [5.74, 6) is -0.326. The summed E-state index contributed by atoms with van der Waals surface area (Å²) in [6.07, 6.45) is 0. The molecule has 0 aliphatic rings. The van der Waals surface area contributed by atoms with Crippen LogP contribution in [-0.4, -0.2) is 24.6 Å². The molecule has 1 atom stereocenters. The molecule has 20 heavy (non-hydrogen) atoms. The van der Waals surface area contributed by atoms with Gasteiger partial charge in [-0.25, -0.2) is 8.42 Å². The van der Waals surface area contributed by atoms with Crippen LogP contribution in [0, 0.1) is 16.0 Å². The van der Waals surface area contributed by atoms with Crippen molar-refractivity contribution in [2.24, 2.45) is 5.92 Å². The zero-order valence-electron chi connectivity index (χ0n) is 10.7. The Labute approximate surface area is 121 Å². The van der Waals surface area contributed by atoms with Crippen molar-refractivity contribution in [3.05, 3.63) is 34.4 Å². The lowest BCUT2D eigenvalue weighted by molar-refractivity contribution is -0.384. The van der Waals surface area contributed by atoms with Crippen molar-refractivity contribution >= 4 is 32.6 Å².